The summed E-state index contributed by atoms with van der Waals surface area (Å²) in [6.07, 6.45) is 3.37. The van der Waals surface area contributed by atoms with Crippen LogP contribution >= 0.6 is 0 Å². The molecule has 0 saturated heterocycles. The number of aromatic nitrogens is 1. The summed E-state index contributed by atoms with van der Waals surface area (Å²) < 4.78 is 51.5. The Kier molecular flexibility index (Phi) is 6.50. The monoisotopic (exact) mass is 417 g/mol. The van der Waals surface area contributed by atoms with Crippen LogP contribution in [0.2, 0.25) is 0 Å². The van der Waals surface area contributed by atoms with E-state index >= 15 is 0 Å². The van der Waals surface area contributed by atoms with Crippen LogP contribution in [0.15, 0.2) is 71.9 Å². The summed E-state index contributed by atoms with van der Waals surface area (Å²) in [5.41, 5.74) is 1.19. The Morgan fingerprint density at radius 3 is 2.34 bits per heavy atom. The van der Waals surface area contributed by atoms with Gasteiger partial charge >= 0.3 is 0 Å². The van der Waals surface area contributed by atoms with Crippen LogP contribution < -0.4 is 19.5 Å². The average Bonchev–Trinajstić information content (AvgIpc) is 2.72. The minimum Gasteiger partial charge on any atom is -0.497 e. The van der Waals surface area contributed by atoms with Crippen molar-refractivity contribution in [2.75, 3.05) is 30.3 Å². The molecule has 3 aromatic rings. The Morgan fingerprint density at radius 1 is 0.966 bits per heavy atom. The van der Waals surface area contributed by atoms with E-state index in [1.807, 2.05) is 12.1 Å². The summed E-state index contributed by atoms with van der Waals surface area (Å²) in [7, 11) is -2.40. The van der Waals surface area contributed by atoms with Crippen molar-refractivity contribution in [3.8, 4) is 11.5 Å². The Hall–Kier alpha value is -3.33. The average molecular weight is 417 g/mol. The molecule has 0 spiro atoms. The van der Waals surface area contributed by atoms with Gasteiger partial charge in [0.25, 0.3) is 10.0 Å². The van der Waals surface area contributed by atoms with Gasteiger partial charge in [-0.2, -0.15) is 0 Å². The lowest BCUT2D eigenvalue weighted by molar-refractivity contribution is 0.329. The van der Waals surface area contributed by atoms with E-state index < -0.39 is 15.8 Å². The molecule has 152 valence electrons. The molecule has 0 aliphatic carbocycles. The number of anilines is 2. The number of benzene rings is 2. The molecule has 0 fully saturated rings. The number of hydrogen-bond acceptors (Lipinski definition) is 6. The predicted molar refractivity (Wildman–Crippen MR) is 108 cm³/mol. The Bertz CT molecular complexity index is 1050. The lowest BCUT2D eigenvalue weighted by Gasteiger charge is -2.13. The summed E-state index contributed by atoms with van der Waals surface area (Å²) in [5.74, 6) is 0.362. The van der Waals surface area contributed by atoms with Crippen molar-refractivity contribution in [1.29, 1.82) is 0 Å². The van der Waals surface area contributed by atoms with Crippen molar-refractivity contribution < 1.29 is 22.3 Å². The van der Waals surface area contributed by atoms with Gasteiger partial charge < -0.3 is 14.8 Å². The van der Waals surface area contributed by atoms with Gasteiger partial charge in [0, 0.05) is 42.8 Å². The highest BCUT2D eigenvalue weighted by Gasteiger charge is 2.15. The van der Waals surface area contributed by atoms with Crippen LogP contribution in [0.1, 0.15) is 0 Å². The van der Waals surface area contributed by atoms with E-state index in [0.29, 0.717) is 24.7 Å². The summed E-state index contributed by atoms with van der Waals surface area (Å²) in [6, 6.07) is 13.0. The fourth-order valence-electron chi connectivity index (χ4n) is 2.49. The number of nitrogens with one attached hydrogen (secondary N) is 2. The maximum Gasteiger partial charge on any atom is 0.261 e. The van der Waals surface area contributed by atoms with E-state index in [4.69, 9.17) is 9.47 Å². The van der Waals surface area contributed by atoms with E-state index in [0.717, 1.165) is 17.8 Å². The molecule has 0 unspecified atom stereocenters. The molecule has 7 nitrogen and oxygen atoms in total. The zero-order valence-corrected chi connectivity index (χ0v) is 16.4. The van der Waals surface area contributed by atoms with Gasteiger partial charge in [-0.1, -0.05) is 0 Å². The molecule has 29 heavy (non-hydrogen) atoms. The van der Waals surface area contributed by atoms with E-state index in [9.17, 15) is 12.8 Å². The molecule has 0 saturated carbocycles. The van der Waals surface area contributed by atoms with E-state index in [2.05, 4.69) is 15.0 Å². The van der Waals surface area contributed by atoms with E-state index in [1.165, 1.54) is 25.3 Å². The van der Waals surface area contributed by atoms with Crippen LogP contribution in [-0.2, 0) is 10.0 Å². The molecule has 1 aromatic heterocycles. The number of hydrogen-bond donors (Lipinski definition) is 2. The molecule has 0 atom stereocenters. The summed E-state index contributed by atoms with van der Waals surface area (Å²) in [4.78, 5) is 3.90. The first kappa shape index (κ1) is 20.4. The van der Waals surface area contributed by atoms with Crippen molar-refractivity contribution in [3.05, 3.63) is 72.8 Å². The minimum atomic E-state index is -3.88. The number of pyridine rings is 1. The Morgan fingerprint density at radius 2 is 1.66 bits per heavy atom. The number of rotatable bonds is 9. The first-order valence-electron chi connectivity index (χ1n) is 8.70. The molecular weight excluding hydrogens is 397 g/mol. The zero-order chi connectivity index (χ0) is 20.7. The Labute approximate surface area is 168 Å². The van der Waals surface area contributed by atoms with Crippen molar-refractivity contribution >= 4 is 21.4 Å². The van der Waals surface area contributed by atoms with Crippen LogP contribution in [0.5, 0.6) is 11.5 Å². The number of methoxy groups -OCH3 is 1. The van der Waals surface area contributed by atoms with Crippen LogP contribution in [-0.4, -0.2) is 33.7 Å². The molecule has 9 heteroatoms. The van der Waals surface area contributed by atoms with Gasteiger partial charge in [-0.05, 0) is 36.4 Å². The smallest absolute Gasteiger partial charge is 0.261 e. The molecule has 0 bridgehead atoms. The third-order valence-corrected chi connectivity index (χ3v) is 5.27. The standard InChI is InChI=1S/C20H20FN3O4S/c1-27-18-12-17(24-29(25,26)20-4-2-15(21)3-5-20)13-19(14-18)28-11-10-23-16-6-8-22-9-7-16/h2-9,12-14,24H,10-11H2,1H3,(H,22,23). The lowest BCUT2D eigenvalue weighted by atomic mass is 10.3. The second-order valence-electron chi connectivity index (χ2n) is 5.97. The molecular formula is C20H20FN3O4S. The topological polar surface area (TPSA) is 89.5 Å². The lowest BCUT2D eigenvalue weighted by Crippen LogP contribution is -2.14. The number of sulfonamides is 1. The van der Waals surface area contributed by atoms with E-state index in [1.54, 1.807) is 24.5 Å². The van der Waals surface area contributed by atoms with Crippen LogP contribution in [0.4, 0.5) is 15.8 Å². The normalized spacial score (nSPS) is 11.0. The summed E-state index contributed by atoms with van der Waals surface area (Å²) in [6.45, 7) is 0.886. The first-order chi connectivity index (χ1) is 14.0. The second kappa shape index (κ2) is 9.24. The van der Waals surface area contributed by atoms with Gasteiger partial charge in [0.2, 0.25) is 0 Å². The van der Waals surface area contributed by atoms with Crippen LogP contribution in [0, 0.1) is 5.82 Å². The summed E-state index contributed by atoms with van der Waals surface area (Å²) >= 11 is 0. The molecule has 2 N–H and O–H groups in total. The maximum atomic E-state index is 13.1. The molecule has 2 aromatic carbocycles. The van der Waals surface area contributed by atoms with Gasteiger partial charge in [0.05, 0.1) is 17.7 Å². The number of halogens is 1. The third kappa shape index (κ3) is 5.82. The van der Waals surface area contributed by atoms with Crippen molar-refractivity contribution in [2.45, 2.75) is 4.90 Å². The quantitative estimate of drug-likeness (QED) is 0.518. The largest absolute Gasteiger partial charge is 0.497 e. The fraction of sp³-hybridized carbons (Fsp3) is 0.150. The SMILES string of the molecule is COc1cc(NS(=O)(=O)c2ccc(F)cc2)cc(OCCNc2ccncc2)c1. The third-order valence-electron chi connectivity index (χ3n) is 3.87. The van der Waals surface area contributed by atoms with Crippen molar-refractivity contribution in [3.63, 3.8) is 0 Å². The van der Waals surface area contributed by atoms with Crippen molar-refractivity contribution in [2.24, 2.45) is 0 Å². The van der Waals surface area contributed by atoms with Crippen LogP contribution in [0.3, 0.4) is 0 Å². The highest BCUT2D eigenvalue weighted by Crippen LogP contribution is 2.28. The fourth-order valence-corrected chi connectivity index (χ4v) is 3.53. The number of ether oxygens (including phenoxy) is 2. The van der Waals surface area contributed by atoms with E-state index in [-0.39, 0.29) is 10.6 Å². The Balaban J connectivity index is 1.67. The predicted octanol–water partition coefficient (Wildman–Crippen LogP) is 3.52. The molecule has 1 heterocycles. The van der Waals surface area contributed by atoms with Gasteiger partial charge in [-0.25, -0.2) is 12.8 Å². The molecule has 3 rings (SSSR count). The maximum absolute atomic E-state index is 13.1. The second-order valence-corrected chi connectivity index (χ2v) is 7.65. The highest BCUT2D eigenvalue weighted by molar-refractivity contribution is 7.92. The molecule has 0 amide bonds. The highest BCUT2D eigenvalue weighted by atomic mass is 32.2. The van der Waals surface area contributed by atoms with Crippen molar-refractivity contribution in [1.82, 2.24) is 4.98 Å². The number of nitrogens with zero attached hydrogens (tertiary/aromatic N) is 1. The van der Waals surface area contributed by atoms with Gasteiger partial charge in [0.15, 0.2) is 0 Å². The molecule has 0 aliphatic rings. The molecule has 0 radical (unpaired) electrons. The van der Waals surface area contributed by atoms with Gasteiger partial charge in [-0.15, -0.1) is 0 Å². The molecule has 0 aliphatic heterocycles. The van der Waals surface area contributed by atoms with Gasteiger partial charge in [0.1, 0.15) is 23.9 Å². The first-order valence-corrected chi connectivity index (χ1v) is 10.2. The zero-order valence-electron chi connectivity index (χ0n) is 15.6. The van der Waals surface area contributed by atoms with Crippen LogP contribution in [0.25, 0.3) is 0 Å². The van der Waals surface area contributed by atoms with Gasteiger partial charge in [-0.3, -0.25) is 9.71 Å². The summed E-state index contributed by atoms with van der Waals surface area (Å²) in [5, 5.41) is 3.18. The minimum absolute atomic E-state index is 0.0502.